The van der Waals surface area contributed by atoms with Gasteiger partial charge in [0.1, 0.15) is 0 Å². The van der Waals surface area contributed by atoms with Crippen molar-refractivity contribution in [3.63, 3.8) is 0 Å². The third-order valence-electron chi connectivity index (χ3n) is 5.37. The highest BCUT2D eigenvalue weighted by Crippen LogP contribution is 2.59. The van der Waals surface area contributed by atoms with E-state index in [1.165, 1.54) is 12.7 Å². The summed E-state index contributed by atoms with van der Waals surface area (Å²) in [5.74, 6) is 0.541. The molecule has 1 spiro atoms. The summed E-state index contributed by atoms with van der Waals surface area (Å²) < 4.78 is 4.95. The van der Waals surface area contributed by atoms with Gasteiger partial charge >= 0.3 is 5.97 Å². The number of methoxy groups -OCH3 is 1. The zero-order chi connectivity index (χ0) is 15.2. The van der Waals surface area contributed by atoms with E-state index in [9.17, 15) is 4.79 Å². The molecule has 1 aliphatic heterocycles. The molecule has 0 amide bonds. The van der Waals surface area contributed by atoms with Crippen LogP contribution < -0.4 is 0 Å². The van der Waals surface area contributed by atoms with Crippen molar-refractivity contribution in [1.82, 2.24) is 5.06 Å². The zero-order valence-corrected chi connectivity index (χ0v) is 12.8. The van der Waals surface area contributed by atoms with E-state index < -0.39 is 0 Å². The van der Waals surface area contributed by atoms with Crippen LogP contribution in [0.5, 0.6) is 0 Å². The van der Waals surface area contributed by atoms with Gasteiger partial charge in [-0.15, -0.1) is 5.06 Å². The molecule has 4 nitrogen and oxygen atoms in total. The van der Waals surface area contributed by atoms with Crippen LogP contribution in [0.25, 0.3) is 0 Å². The Kier molecular flexibility index (Phi) is 3.31. The molecule has 2 fully saturated rings. The Labute approximate surface area is 130 Å². The van der Waals surface area contributed by atoms with Crippen molar-refractivity contribution in [2.45, 2.75) is 38.0 Å². The van der Waals surface area contributed by atoms with Crippen LogP contribution in [-0.2, 0) is 20.9 Å². The third-order valence-corrected chi connectivity index (χ3v) is 5.37. The van der Waals surface area contributed by atoms with Crippen molar-refractivity contribution in [3.8, 4) is 0 Å². The fraction of sp³-hybridized carbons (Fsp3) is 0.500. The molecule has 4 heteroatoms. The summed E-state index contributed by atoms with van der Waals surface area (Å²) in [6.07, 6.45) is 6.11. The number of ether oxygens (including phenoxy) is 1. The minimum absolute atomic E-state index is 0.145. The lowest BCUT2D eigenvalue weighted by Crippen LogP contribution is -2.31. The Morgan fingerprint density at radius 1 is 1.36 bits per heavy atom. The molecule has 1 saturated carbocycles. The quantitative estimate of drug-likeness (QED) is 0.635. The maximum absolute atomic E-state index is 12.0. The van der Waals surface area contributed by atoms with E-state index >= 15 is 0 Å². The highest BCUT2D eigenvalue weighted by atomic mass is 16.9. The van der Waals surface area contributed by atoms with Crippen LogP contribution in [0.1, 0.15) is 31.2 Å². The van der Waals surface area contributed by atoms with Crippen LogP contribution in [0.3, 0.4) is 0 Å². The number of fused-ring (bicyclic) bond motifs is 2. The molecule has 22 heavy (non-hydrogen) atoms. The van der Waals surface area contributed by atoms with E-state index in [1.54, 1.807) is 0 Å². The number of carbonyl (C=O) groups is 1. The standard InChI is InChI=1S/C18H21NO3/c1-21-17(20)15-8-5-9-16-14(15)10-11-18(16)19(22-18)12-13-6-3-2-4-7-13/h2-4,6-8,14,16H,5,9-12H2,1H3/t14-,16+,18?,19?/m1/s1. The number of hydrogen-bond acceptors (Lipinski definition) is 4. The van der Waals surface area contributed by atoms with E-state index in [2.05, 4.69) is 35.4 Å². The van der Waals surface area contributed by atoms with E-state index in [0.29, 0.717) is 11.8 Å². The number of rotatable bonds is 3. The normalized spacial score (nSPS) is 35.9. The molecule has 0 N–H and O–H groups in total. The molecule has 0 aromatic heterocycles. The van der Waals surface area contributed by atoms with Gasteiger partial charge in [-0.1, -0.05) is 36.4 Å². The average molecular weight is 299 g/mol. The van der Waals surface area contributed by atoms with Crippen molar-refractivity contribution < 1.29 is 14.4 Å². The predicted molar refractivity (Wildman–Crippen MR) is 81.3 cm³/mol. The summed E-state index contributed by atoms with van der Waals surface area (Å²) in [7, 11) is 1.47. The lowest BCUT2D eigenvalue weighted by atomic mass is 9.78. The summed E-state index contributed by atoms with van der Waals surface area (Å²) in [5, 5.41) is 2.12. The molecule has 0 radical (unpaired) electrons. The van der Waals surface area contributed by atoms with Gasteiger partial charge in [-0.2, -0.15) is 0 Å². The molecular formula is C18H21NO3. The molecule has 116 valence electrons. The Hall–Kier alpha value is -1.65. The summed E-state index contributed by atoms with van der Waals surface area (Å²) in [6.45, 7) is 0.821. The molecular weight excluding hydrogens is 278 g/mol. The Morgan fingerprint density at radius 3 is 2.95 bits per heavy atom. The number of benzene rings is 1. The Bertz CT molecular complexity index is 612. The third kappa shape index (κ3) is 2.09. The van der Waals surface area contributed by atoms with Crippen LogP contribution >= 0.6 is 0 Å². The second kappa shape index (κ2) is 5.21. The van der Waals surface area contributed by atoms with Gasteiger partial charge < -0.3 is 4.74 Å². The number of nitrogens with zero attached hydrogens (tertiary/aromatic N) is 1. The number of hydrogen-bond donors (Lipinski definition) is 0. The molecule has 1 saturated heterocycles. The van der Waals surface area contributed by atoms with Crippen molar-refractivity contribution in [2.75, 3.05) is 7.11 Å². The predicted octanol–water partition coefficient (Wildman–Crippen LogP) is 3.05. The molecule has 1 aromatic rings. The largest absolute Gasteiger partial charge is 0.466 e. The average Bonchev–Trinajstić information content (AvgIpc) is 3.12. The SMILES string of the molecule is COC(=O)C1=CCC[C@H]2[C@@H]1CCC21ON1Cc1ccccc1. The first-order chi connectivity index (χ1) is 10.7. The van der Waals surface area contributed by atoms with Gasteiger partial charge in [0.25, 0.3) is 0 Å². The van der Waals surface area contributed by atoms with Crippen LogP contribution in [-0.4, -0.2) is 23.9 Å². The molecule has 1 aromatic carbocycles. The topological polar surface area (TPSA) is 41.8 Å². The Balaban J connectivity index is 1.50. The first-order valence-corrected chi connectivity index (χ1v) is 8.03. The van der Waals surface area contributed by atoms with Gasteiger partial charge in [0, 0.05) is 11.5 Å². The smallest absolute Gasteiger partial charge is 0.333 e. The van der Waals surface area contributed by atoms with Crippen LogP contribution in [0, 0.1) is 11.8 Å². The maximum Gasteiger partial charge on any atom is 0.333 e. The summed E-state index contributed by atoms with van der Waals surface area (Å²) in [5.41, 5.74) is 1.99. The van der Waals surface area contributed by atoms with Gasteiger partial charge in [-0.05, 0) is 37.2 Å². The highest BCUT2D eigenvalue weighted by molar-refractivity contribution is 5.89. The molecule has 2 unspecified atom stereocenters. The van der Waals surface area contributed by atoms with Crippen molar-refractivity contribution in [1.29, 1.82) is 0 Å². The number of allylic oxidation sites excluding steroid dienone is 1. The molecule has 4 atom stereocenters. The number of esters is 1. The fourth-order valence-electron chi connectivity index (χ4n) is 4.29. The number of hydroxylamine groups is 2. The summed E-state index contributed by atoms with van der Waals surface area (Å²) in [4.78, 5) is 18.0. The lowest BCUT2D eigenvalue weighted by Gasteiger charge is -2.27. The van der Waals surface area contributed by atoms with E-state index in [0.717, 1.165) is 37.8 Å². The van der Waals surface area contributed by atoms with E-state index in [-0.39, 0.29) is 11.7 Å². The van der Waals surface area contributed by atoms with Gasteiger partial charge in [0.2, 0.25) is 0 Å². The van der Waals surface area contributed by atoms with Gasteiger partial charge in [0.15, 0.2) is 5.72 Å². The maximum atomic E-state index is 12.0. The minimum atomic E-state index is -0.165. The fourth-order valence-corrected chi connectivity index (χ4v) is 4.29. The van der Waals surface area contributed by atoms with Crippen molar-refractivity contribution in [2.24, 2.45) is 11.8 Å². The van der Waals surface area contributed by atoms with E-state index in [1.807, 2.05) is 6.07 Å². The van der Waals surface area contributed by atoms with Crippen LogP contribution in [0.4, 0.5) is 0 Å². The van der Waals surface area contributed by atoms with Crippen LogP contribution in [0.15, 0.2) is 42.0 Å². The Morgan fingerprint density at radius 2 is 2.18 bits per heavy atom. The molecule has 3 aliphatic rings. The van der Waals surface area contributed by atoms with Gasteiger partial charge in [-0.3, -0.25) is 4.84 Å². The molecule has 0 bridgehead atoms. The minimum Gasteiger partial charge on any atom is -0.466 e. The summed E-state index contributed by atoms with van der Waals surface area (Å²) in [6, 6.07) is 10.4. The summed E-state index contributed by atoms with van der Waals surface area (Å²) >= 11 is 0. The first-order valence-electron chi connectivity index (χ1n) is 8.03. The lowest BCUT2D eigenvalue weighted by molar-refractivity contribution is -0.137. The molecule has 1 heterocycles. The number of carbonyl (C=O) groups excluding carboxylic acids is 1. The van der Waals surface area contributed by atoms with Gasteiger partial charge in [-0.25, -0.2) is 4.79 Å². The molecule has 2 aliphatic carbocycles. The van der Waals surface area contributed by atoms with Crippen molar-refractivity contribution >= 4 is 5.97 Å². The van der Waals surface area contributed by atoms with Gasteiger partial charge in [0.05, 0.1) is 13.7 Å². The second-order valence-electron chi connectivity index (χ2n) is 6.44. The van der Waals surface area contributed by atoms with Crippen LogP contribution in [0.2, 0.25) is 0 Å². The highest BCUT2D eigenvalue weighted by Gasteiger charge is 2.66. The van der Waals surface area contributed by atoms with E-state index in [4.69, 9.17) is 9.57 Å². The zero-order valence-electron chi connectivity index (χ0n) is 12.8. The van der Waals surface area contributed by atoms with Crippen molar-refractivity contribution in [3.05, 3.63) is 47.5 Å². The second-order valence-corrected chi connectivity index (χ2v) is 6.44. The monoisotopic (exact) mass is 299 g/mol. The molecule has 4 rings (SSSR count). The first kappa shape index (κ1) is 14.0.